The smallest absolute Gasteiger partial charge is 0.254 e. The Labute approximate surface area is 133 Å². The highest BCUT2D eigenvalue weighted by molar-refractivity contribution is 6.00. The summed E-state index contributed by atoms with van der Waals surface area (Å²) in [6.07, 6.45) is 0.625. The van der Waals surface area contributed by atoms with Crippen molar-refractivity contribution in [2.24, 2.45) is 0 Å². The molecule has 0 aliphatic carbocycles. The SMILES string of the molecule is O=C(CN1Cc2ccccc2C1=O)NCCc1ccc(F)cc1. The number of hydrogen-bond donors (Lipinski definition) is 1. The topological polar surface area (TPSA) is 49.4 Å². The molecule has 2 amide bonds. The van der Waals surface area contributed by atoms with Crippen molar-refractivity contribution in [3.8, 4) is 0 Å². The number of fused-ring (bicyclic) bond motifs is 1. The summed E-state index contributed by atoms with van der Waals surface area (Å²) in [5.41, 5.74) is 2.58. The van der Waals surface area contributed by atoms with Crippen LogP contribution in [0.4, 0.5) is 4.39 Å². The molecule has 0 unspecified atom stereocenters. The van der Waals surface area contributed by atoms with E-state index in [4.69, 9.17) is 0 Å². The second kappa shape index (κ2) is 6.60. The lowest BCUT2D eigenvalue weighted by molar-refractivity contribution is -0.121. The van der Waals surface area contributed by atoms with E-state index in [0.717, 1.165) is 11.1 Å². The van der Waals surface area contributed by atoms with Crippen molar-refractivity contribution >= 4 is 11.8 Å². The number of nitrogens with zero attached hydrogens (tertiary/aromatic N) is 1. The lowest BCUT2D eigenvalue weighted by atomic mass is 10.1. The van der Waals surface area contributed by atoms with Crippen molar-refractivity contribution in [3.63, 3.8) is 0 Å². The fraction of sp³-hybridized carbons (Fsp3) is 0.222. The molecule has 2 aromatic carbocycles. The van der Waals surface area contributed by atoms with Crippen LogP contribution in [-0.4, -0.2) is 29.8 Å². The van der Waals surface area contributed by atoms with Crippen LogP contribution in [0.25, 0.3) is 0 Å². The molecule has 1 aliphatic rings. The summed E-state index contributed by atoms with van der Waals surface area (Å²) in [7, 11) is 0. The maximum atomic E-state index is 12.8. The average molecular weight is 312 g/mol. The minimum atomic E-state index is -0.273. The van der Waals surface area contributed by atoms with Crippen LogP contribution in [0.3, 0.4) is 0 Å². The van der Waals surface area contributed by atoms with Crippen LogP contribution in [0.15, 0.2) is 48.5 Å². The van der Waals surface area contributed by atoms with Gasteiger partial charge in [0.05, 0.1) is 0 Å². The van der Waals surface area contributed by atoms with Gasteiger partial charge in [0.1, 0.15) is 12.4 Å². The zero-order chi connectivity index (χ0) is 16.2. The van der Waals surface area contributed by atoms with E-state index in [1.54, 1.807) is 18.2 Å². The summed E-state index contributed by atoms with van der Waals surface area (Å²) in [6, 6.07) is 13.6. The van der Waals surface area contributed by atoms with Crippen LogP contribution in [0.1, 0.15) is 21.5 Å². The molecule has 0 spiro atoms. The van der Waals surface area contributed by atoms with Gasteiger partial charge in [-0.25, -0.2) is 4.39 Å². The van der Waals surface area contributed by atoms with E-state index in [1.165, 1.54) is 17.0 Å². The van der Waals surface area contributed by atoms with Crippen LogP contribution < -0.4 is 5.32 Å². The first-order valence-electron chi connectivity index (χ1n) is 7.52. The largest absolute Gasteiger partial charge is 0.354 e. The van der Waals surface area contributed by atoms with Crippen LogP contribution in [0.2, 0.25) is 0 Å². The normalized spacial score (nSPS) is 13.1. The second-order valence-corrected chi connectivity index (χ2v) is 5.54. The fourth-order valence-electron chi connectivity index (χ4n) is 2.67. The van der Waals surface area contributed by atoms with Crippen molar-refractivity contribution in [2.45, 2.75) is 13.0 Å². The standard InChI is InChI=1S/C18H17FN2O2/c19-15-7-5-13(6-8-15)9-10-20-17(22)12-21-11-14-3-1-2-4-16(14)18(21)23/h1-8H,9-12H2,(H,20,22). The van der Waals surface area contributed by atoms with Crippen molar-refractivity contribution in [1.82, 2.24) is 10.2 Å². The van der Waals surface area contributed by atoms with Gasteiger partial charge in [-0.15, -0.1) is 0 Å². The summed E-state index contributed by atoms with van der Waals surface area (Å²) < 4.78 is 12.8. The van der Waals surface area contributed by atoms with E-state index in [0.29, 0.717) is 25.1 Å². The Bertz CT molecular complexity index is 728. The first-order chi connectivity index (χ1) is 11.1. The van der Waals surface area contributed by atoms with Gasteiger partial charge in [0, 0.05) is 18.7 Å². The van der Waals surface area contributed by atoms with Crippen LogP contribution in [-0.2, 0) is 17.8 Å². The molecule has 1 heterocycles. The lowest BCUT2D eigenvalue weighted by Crippen LogP contribution is -2.38. The summed E-state index contributed by atoms with van der Waals surface area (Å²) >= 11 is 0. The van der Waals surface area contributed by atoms with Crippen LogP contribution in [0, 0.1) is 5.82 Å². The third-order valence-corrected chi connectivity index (χ3v) is 3.88. The second-order valence-electron chi connectivity index (χ2n) is 5.54. The molecular formula is C18H17FN2O2. The molecule has 2 aromatic rings. The average Bonchev–Trinajstić information content (AvgIpc) is 2.86. The number of amides is 2. The molecule has 23 heavy (non-hydrogen) atoms. The highest BCUT2D eigenvalue weighted by atomic mass is 19.1. The molecular weight excluding hydrogens is 295 g/mol. The summed E-state index contributed by atoms with van der Waals surface area (Å²) in [5, 5.41) is 2.79. The molecule has 5 heteroatoms. The maximum absolute atomic E-state index is 12.8. The monoisotopic (exact) mass is 312 g/mol. The van der Waals surface area contributed by atoms with Crippen LogP contribution in [0.5, 0.6) is 0 Å². The van der Waals surface area contributed by atoms with Gasteiger partial charge in [-0.05, 0) is 35.7 Å². The Morgan fingerprint density at radius 1 is 1.13 bits per heavy atom. The quantitative estimate of drug-likeness (QED) is 0.919. The van der Waals surface area contributed by atoms with Gasteiger partial charge < -0.3 is 10.2 Å². The van der Waals surface area contributed by atoms with E-state index < -0.39 is 0 Å². The highest BCUT2D eigenvalue weighted by Crippen LogP contribution is 2.21. The maximum Gasteiger partial charge on any atom is 0.254 e. The zero-order valence-corrected chi connectivity index (χ0v) is 12.6. The third kappa shape index (κ3) is 3.56. The predicted molar refractivity (Wildman–Crippen MR) is 84.3 cm³/mol. The predicted octanol–water partition coefficient (Wildman–Crippen LogP) is 2.14. The number of rotatable bonds is 5. The first-order valence-corrected chi connectivity index (χ1v) is 7.52. The number of carbonyl (C=O) groups is 2. The third-order valence-electron chi connectivity index (χ3n) is 3.88. The summed E-state index contributed by atoms with van der Waals surface area (Å²) in [6.45, 7) is 0.983. The van der Waals surface area contributed by atoms with Gasteiger partial charge >= 0.3 is 0 Å². The molecule has 3 rings (SSSR count). The Morgan fingerprint density at radius 2 is 1.87 bits per heavy atom. The summed E-state index contributed by atoms with van der Waals surface area (Å²) in [4.78, 5) is 25.7. The van der Waals surface area contributed by atoms with Gasteiger partial charge in [0.2, 0.25) is 5.91 Å². The Morgan fingerprint density at radius 3 is 2.61 bits per heavy atom. The number of nitrogens with one attached hydrogen (secondary N) is 1. The molecule has 1 N–H and O–H groups in total. The van der Waals surface area contributed by atoms with E-state index in [2.05, 4.69) is 5.32 Å². The Balaban J connectivity index is 1.47. The van der Waals surface area contributed by atoms with E-state index in [1.807, 2.05) is 18.2 Å². The Hall–Kier alpha value is -2.69. The minimum absolute atomic E-state index is 0.0525. The van der Waals surface area contributed by atoms with Crippen LogP contribution >= 0.6 is 0 Å². The van der Waals surface area contributed by atoms with Crippen molar-refractivity contribution in [1.29, 1.82) is 0 Å². The molecule has 118 valence electrons. The van der Waals surface area contributed by atoms with E-state index in [-0.39, 0.29) is 24.2 Å². The molecule has 0 aromatic heterocycles. The zero-order valence-electron chi connectivity index (χ0n) is 12.6. The van der Waals surface area contributed by atoms with Gasteiger partial charge in [0.15, 0.2) is 0 Å². The number of benzene rings is 2. The molecule has 0 bridgehead atoms. The summed E-state index contributed by atoms with van der Waals surface area (Å²) in [5.74, 6) is -0.563. The first kappa shape index (κ1) is 15.2. The minimum Gasteiger partial charge on any atom is -0.354 e. The van der Waals surface area contributed by atoms with Gasteiger partial charge in [-0.3, -0.25) is 9.59 Å². The molecule has 0 saturated heterocycles. The molecule has 0 atom stereocenters. The lowest BCUT2D eigenvalue weighted by Gasteiger charge is -2.15. The van der Waals surface area contributed by atoms with Gasteiger partial charge in [-0.2, -0.15) is 0 Å². The highest BCUT2D eigenvalue weighted by Gasteiger charge is 2.27. The molecule has 1 aliphatic heterocycles. The van der Waals surface area contributed by atoms with E-state index >= 15 is 0 Å². The van der Waals surface area contributed by atoms with Gasteiger partial charge in [0.25, 0.3) is 5.91 Å². The molecule has 4 nitrogen and oxygen atoms in total. The number of hydrogen-bond acceptors (Lipinski definition) is 2. The molecule has 0 fully saturated rings. The molecule has 0 radical (unpaired) electrons. The van der Waals surface area contributed by atoms with Gasteiger partial charge in [-0.1, -0.05) is 30.3 Å². The fourth-order valence-corrected chi connectivity index (χ4v) is 2.67. The van der Waals surface area contributed by atoms with E-state index in [9.17, 15) is 14.0 Å². The number of carbonyl (C=O) groups excluding carboxylic acids is 2. The van der Waals surface area contributed by atoms with Crippen molar-refractivity contribution in [2.75, 3.05) is 13.1 Å². The van der Waals surface area contributed by atoms with Crippen molar-refractivity contribution < 1.29 is 14.0 Å². The Kier molecular flexibility index (Phi) is 4.37. The van der Waals surface area contributed by atoms with Crippen molar-refractivity contribution in [3.05, 3.63) is 71.0 Å². The number of halogens is 1. The molecule has 0 saturated carbocycles.